The number of aromatic nitrogens is 1. The van der Waals surface area contributed by atoms with Gasteiger partial charge in [0.05, 0.1) is 18.3 Å². The Labute approximate surface area is 158 Å². The first-order valence-corrected chi connectivity index (χ1v) is 8.85. The number of carbonyl (C=O) groups is 1. The summed E-state index contributed by atoms with van der Waals surface area (Å²) >= 11 is 1.38. The van der Waals surface area contributed by atoms with Crippen LogP contribution in [0.5, 0.6) is 5.75 Å². The molecule has 2 aromatic carbocycles. The first-order chi connectivity index (χ1) is 13.1. The van der Waals surface area contributed by atoms with Crippen LogP contribution >= 0.6 is 11.3 Å². The van der Waals surface area contributed by atoms with Crippen LogP contribution in [0.4, 0.5) is 8.78 Å². The number of halogens is 2. The normalized spacial score (nSPS) is 11.1. The molecule has 0 radical (unpaired) electrons. The second-order valence-corrected chi connectivity index (χ2v) is 6.32. The van der Waals surface area contributed by atoms with Crippen molar-refractivity contribution in [2.24, 2.45) is 5.10 Å². The molecular weight excluding hydrogens is 372 g/mol. The molecule has 0 aliphatic carbocycles. The lowest BCUT2D eigenvalue weighted by molar-refractivity contribution is -0.120. The van der Waals surface area contributed by atoms with Gasteiger partial charge in [-0.25, -0.2) is 10.4 Å². The van der Waals surface area contributed by atoms with Crippen LogP contribution in [0.1, 0.15) is 10.6 Å². The number of hydrazone groups is 1. The van der Waals surface area contributed by atoms with Gasteiger partial charge in [-0.15, -0.1) is 11.3 Å². The first-order valence-electron chi connectivity index (χ1n) is 7.97. The van der Waals surface area contributed by atoms with Gasteiger partial charge in [-0.1, -0.05) is 42.5 Å². The smallest absolute Gasteiger partial charge is 0.387 e. The van der Waals surface area contributed by atoms with Crippen molar-refractivity contribution >= 4 is 23.5 Å². The third-order valence-electron chi connectivity index (χ3n) is 3.46. The maximum absolute atomic E-state index is 12.4. The van der Waals surface area contributed by atoms with Crippen molar-refractivity contribution in [3.05, 3.63) is 70.5 Å². The maximum Gasteiger partial charge on any atom is 0.387 e. The number of carbonyl (C=O) groups excluding carboxylic acids is 1. The molecule has 3 aromatic rings. The number of benzene rings is 2. The Balaban J connectivity index is 1.58. The molecule has 0 unspecified atom stereocenters. The molecule has 0 saturated carbocycles. The zero-order valence-electron chi connectivity index (χ0n) is 14.0. The summed E-state index contributed by atoms with van der Waals surface area (Å²) in [6, 6.07) is 15.8. The predicted molar refractivity (Wildman–Crippen MR) is 100 cm³/mol. The molecule has 0 aliphatic heterocycles. The van der Waals surface area contributed by atoms with Crippen molar-refractivity contribution in [3.63, 3.8) is 0 Å². The molecule has 0 atom stereocenters. The fourth-order valence-electron chi connectivity index (χ4n) is 2.27. The second-order valence-electron chi connectivity index (χ2n) is 5.38. The van der Waals surface area contributed by atoms with E-state index in [0.717, 1.165) is 11.3 Å². The minimum absolute atomic E-state index is 0.0158. The number of amides is 1. The third kappa shape index (κ3) is 5.42. The lowest BCUT2D eigenvalue weighted by atomic mass is 10.2. The molecule has 0 spiro atoms. The highest BCUT2D eigenvalue weighted by Crippen LogP contribution is 2.22. The molecule has 0 saturated heterocycles. The van der Waals surface area contributed by atoms with Crippen LogP contribution < -0.4 is 10.2 Å². The Kier molecular flexibility index (Phi) is 6.22. The summed E-state index contributed by atoms with van der Waals surface area (Å²) in [4.78, 5) is 16.4. The van der Waals surface area contributed by atoms with E-state index in [1.807, 2.05) is 35.7 Å². The predicted octanol–water partition coefficient (Wildman–Crippen LogP) is 4.10. The van der Waals surface area contributed by atoms with Crippen molar-refractivity contribution in [3.8, 4) is 17.0 Å². The molecule has 1 N–H and O–H groups in total. The number of hydrogen-bond acceptors (Lipinski definition) is 5. The van der Waals surface area contributed by atoms with E-state index in [9.17, 15) is 13.6 Å². The molecule has 1 amide bonds. The Morgan fingerprint density at radius 3 is 2.70 bits per heavy atom. The minimum Gasteiger partial charge on any atom is -0.434 e. The average molecular weight is 387 g/mol. The number of rotatable bonds is 7. The lowest BCUT2D eigenvalue weighted by Crippen LogP contribution is -2.19. The Morgan fingerprint density at radius 1 is 1.19 bits per heavy atom. The van der Waals surface area contributed by atoms with E-state index in [4.69, 9.17) is 0 Å². The van der Waals surface area contributed by atoms with Gasteiger partial charge in [-0.05, 0) is 12.1 Å². The number of para-hydroxylation sites is 1. The first kappa shape index (κ1) is 18.7. The highest BCUT2D eigenvalue weighted by molar-refractivity contribution is 7.10. The van der Waals surface area contributed by atoms with Gasteiger partial charge in [0.2, 0.25) is 5.91 Å². The number of nitrogens with zero attached hydrogens (tertiary/aromatic N) is 2. The summed E-state index contributed by atoms with van der Waals surface area (Å²) in [5.74, 6) is -0.370. The Hall–Kier alpha value is -3.13. The minimum atomic E-state index is -2.93. The van der Waals surface area contributed by atoms with Gasteiger partial charge in [0.25, 0.3) is 0 Å². The monoisotopic (exact) mass is 387 g/mol. The van der Waals surface area contributed by atoms with Gasteiger partial charge in [-0.2, -0.15) is 13.9 Å². The molecular formula is C19H15F2N3O2S. The van der Waals surface area contributed by atoms with Crippen LogP contribution in [0.25, 0.3) is 11.3 Å². The van der Waals surface area contributed by atoms with E-state index in [1.54, 1.807) is 18.2 Å². The standard InChI is InChI=1S/C19H15F2N3O2S/c20-19(21)26-16-9-5-4-8-14(16)11-22-24-17(25)10-18-23-15(12-27-18)13-6-2-1-3-7-13/h1-9,11-12,19H,10H2,(H,24,25)/b22-11-. The molecule has 0 aliphatic rings. The summed E-state index contributed by atoms with van der Waals surface area (Å²) in [5.41, 5.74) is 4.49. The summed E-state index contributed by atoms with van der Waals surface area (Å²) in [7, 11) is 0. The fraction of sp³-hybridized carbons (Fsp3) is 0.105. The zero-order chi connectivity index (χ0) is 19.1. The van der Waals surface area contributed by atoms with E-state index in [0.29, 0.717) is 10.6 Å². The molecule has 138 valence electrons. The summed E-state index contributed by atoms with van der Waals surface area (Å²) in [6.45, 7) is -2.93. The van der Waals surface area contributed by atoms with E-state index in [2.05, 4.69) is 20.2 Å². The largest absolute Gasteiger partial charge is 0.434 e. The molecule has 8 heteroatoms. The maximum atomic E-state index is 12.4. The van der Waals surface area contributed by atoms with Crippen LogP contribution in [0.3, 0.4) is 0 Å². The van der Waals surface area contributed by atoms with Crippen LogP contribution in [-0.2, 0) is 11.2 Å². The number of nitrogens with one attached hydrogen (secondary N) is 1. The molecule has 1 heterocycles. The number of thiazole rings is 1. The fourth-order valence-corrected chi connectivity index (χ4v) is 3.08. The molecule has 3 rings (SSSR count). The van der Waals surface area contributed by atoms with Crippen LogP contribution in [0, 0.1) is 0 Å². The van der Waals surface area contributed by atoms with E-state index >= 15 is 0 Å². The van der Waals surface area contributed by atoms with E-state index < -0.39 is 6.61 Å². The molecule has 1 aromatic heterocycles. The van der Waals surface area contributed by atoms with Crippen molar-refractivity contribution in [1.29, 1.82) is 0 Å². The number of ether oxygens (including phenoxy) is 1. The van der Waals surface area contributed by atoms with Crippen molar-refractivity contribution in [2.75, 3.05) is 0 Å². The summed E-state index contributed by atoms with van der Waals surface area (Å²) in [5, 5.41) is 6.34. The van der Waals surface area contributed by atoms with Gasteiger partial charge < -0.3 is 4.74 Å². The van der Waals surface area contributed by atoms with Gasteiger partial charge in [0, 0.05) is 16.5 Å². The lowest BCUT2D eigenvalue weighted by Gasteiger charge is -2.06. The highest BCUT2D eigenvalue weighted by atomic mass is 32.1. The SMILES string of the molecule is O=C(Cc1nc(-c2ccccc2)cs1)N/N=C\c1ccccc1OC(F)F. The average Bonchev–Trinajstić information content (AvgIpc) is 3.12. The van der Waals surface area contributed by atoms with Crippen molar-refractivity contribution in [2.45, 2.75) is 13.0 Å². The van der Waals surface area contributed by atoms with Crippen LogP contribution in [-0.4, -0.2) is 23.7 Å². The van der Waals surface area contributed by atoms with Gasteiger partial charge >= 0.3 is 6.61 Å². The van der Waals surface area contributed by atoms with Crippen LogP contribution in [0.15, 0.2) is 65.1 Å². The van der Waals surface area contributed by atoms with Crippen LogP contribution in [0.2, 0.25) is 0 Å². The molecule has 0 fully saturated rings. The van der Waals surface area contributed by atoms with Gasteiger partial charge in [-0.3, -0.25) is 4.79 Å². The number of hydrogen-bond donors (Lipinski definition) is 1. The zero-order valence-corrected chi connectivity index (χ0v) is 14.8. The molecule has 27 heavy (non-hydrogen) atoms. The van der Waals surface area contributed by atoms with Gasteiger partial charge in [0.1, 0.15) is 10.8 Å². The van der Waals surface area contributed by atoms with Gasteiger partial charge in [0.15, 0.2) is 0 Å². The third-order valence-corrected chi connectivity index (χ3v) is 4.31. The highest BCUT2D eigenvalue weighted by Gasteiger charge is 2.10. The summed E-state index contributed by atoms with van der Waals surface area (Å²) < 4.78 is 29.1. The van der Waals surface area contributed by atoms with E-state index in [-0.39, 0.29) is 18.1 Å². The second kappa shape index (κ2) is 9.00. The van der Waals surface area contributed by atoms with E-state index in [1.165, 1.54) is 23.6 Å². The van der Waals surface area contributed by atoms with Crippen molar-refractivity contribution in [1.82, 2.24) is 10.4 Å². The molecule has 0 bridgehead atoms. The Bertz CT molecular complexity index is 929. The number of alkyl halides is 2. The quantitative estimate of drug-likeness (QED) is 0.490. The topological polar surface area (TPSA) is 63.6 Å². The van der Waals surface area contributed by atoms with Crippen molar-refractivity contribution < 1.29 is 18.3 Å². The Morgan fingerprint density at radius 2 is 1.93 bits per heavy atom. The summed E-state index contributed by atoms with van der Waals surface area (Å²) in [6.07, 6.45) is 1.33. The molecule has 5 nitrogen and oxygen atoms in total.